The van der Waals surface area contributed by atoms with Crippen LogP contribution in [0.2, 0.25) is 0 Å². The van der Waals surface area contributed by atoms with Gasteiger partial charge in [0.2, 0.25) is 0 Å². The van der Waals surface area contributed by atoms with Crippen LogP contribution in [0.1, 0.15) is 30.0 Å². The molecular formula is C28H25NO5. The zero-order valence-electron chi connectivity index (χ0n) is 18.6. The molecule has 2 saturated heterocycles. The summed E-state index contributed by atoms with van der Waals surface area (Å²) in [5.74, 6) is -0.261. The van der Waals surface area contributed by atoms with Crippen LogP contribution < -0.4 is 4.74 Å². The van der Waals surface area contributed by atoms with Crippen LogP contribution in [0, 0.1) is 0 Å². The molecule has 1 amide bonds. The predicted molar refractivity (Wildman–Crippen MR) is 127 cm³/mol. The molecule has 2 atom stereocenters. The molecule has 0 radical (unpaired) electrons. The minimum absolute atomic E-state index is 0.0751. The second kappa shape index (κ2) is 9.53. The molecule has 1 N–H and O–H groups in total. The molecule has 0 saturated carbocycles. The van der Waals surface area contributed by atoms with Crippen LogP contribution in [0.3, 0.4) is 0 Å². The molecule has 2 fully saturated rings. The molecule has 2 unspecified atom stereocenters. The maximum Gasteiger partial charge on any atom is 0.295 e. The summed E-state index contributed by atoms with van der Waals surface area (Å²) in [6.45, 7) is 0.925. The van der Waals surface area contributed by atoms with Gasteiger partial charge < -0.3 is 19.5 Å². The Bertz CT molecular complexity index is 1220. The number of likely N-dealkylation sites (tertiary alicyclic amines) is 1. The van der Waals surface area contributed by atoms with Crippen LogP contribution in [0.4, 0.5) is 0 Å². The highest BCUT2D eigenvalue weighted by molar-refractivity contribution is 6.46. The van der Waals surface area contributed by atoms with Gasteiger partial charge in [0, 0.05) is 18.7 Å². The molecule has 172 valence electrons. The fourth-order valence-electron chi connectivity index (χ4n) is 4.55. The first kappa shape index (κ1) is 21.9. The van der Waals surface area contributed by atoms with Gasteiger partial charge in [0.15, 0.2) is 0 Å². The van der Waals surface area contributed by atoms with Crippen molar-refractivity contribution in [2.24, 2.45) is 0 Å². The van der Waals surface area contributed by atoms with Crippen molar-refractivity contribution in [3.05, 3.63) is 102 Å². The number of benzene rings is 3. The van der Waals surface area contributed by atoms with Crippen molar-refractivity contribution in [3.8, 4) is 11.5 Å². The molecule has 0 aliphatic carbocycles. The number of ketones is 1. The number of para-hydroxylation sites is 1. The Morgan fingerprint density at radius 3 is 2.35 bits per heavy atom. The molecule has 34 heavy (non-hydrogen) atoms. The summed E-state index contributed by atoms with van der Waals surface area (Å²) in [5, 5.41) is 11.1. The fraction of sp³-hybridized carbons (Fsp3) is 0.214. The molecule has 3 aromatic carbocycles. The highest BCUT2D eigenvalue weighted by Gasteiger charge is 2.47. The van der Waals surface area contributed by atoms with Gasteiger partial charge in [-0.3, -0.25) is 9.59 Å². The van der Waals surface area contributed by atoms with E-state index in [2.05, 4.69) is 0 Å². The van der Waals surface area contributed by atoms with Gasteiger partial charge in [-0.15, -0.1) is 0 Å². The van der Waals surface area contributed by atoms with Crippen molar-refractivity contribution in [3.63, 3.8) is 0 Å². The van der Waals surface area contributed by atoms with E-state index in [9.17, 15) is 14.7 Å². The van der Waals surface area contributed by atoms with E-state index >= 15 is 0 Å². The number of aliphatic hydroxyl groups is 1. The number of aliphatic hydroxyl groups excluding tert-OH is 1. The number of hydrogen-bond donors (Lipinski definition) is 1. The Morgan fingerprint density at radius 2 is 1.65 bits per heavy atom. The number of hydrogen-bond acceptors (Lipinski definition) is 5. The van der Waals surface area contributed by atoms with E-state index in [1.807, 2.05) is 60.7 Å². The van der Waals surface area contributed by atoms with Gasteiger partial charge in [0.1, 0.15) is 17.3 Å². The summed E-state index contributed by atoms with van der Waals surface area (Å²) in [4.78, 5) is 27.8. The van der Waals surface area contributed by atoms with Crippen molar-refractivity contribution in [2.45, 2.75) is 25.0 Å². The third-order valence-corrected chi connectivity index (χ3v) is 6.16. The van der Waals surface area contributed by atoms with Crippen LogP contribution in [-0.2, 0) is 14.3 Å². The summed E-state index contributed by atoms with van der Waals surface area (Å²) in [5.41, 5.74) is 1.24. The molecule has 2 heterocycles. The maximum absolute atomic E-state index is 13.2. The van der Waals surface area contributed by atoms with Gasteiger partial charge in [-0.25, -0.2) is 0 Å². The Morgan fingerprint density at radius 1 is 0.941 bits per heavy atom. The quantitative estimate of drug-likeness (QED) is 0.319. The molecule has 0 bridgehead atoms. The van der Waals surface area contributed by atoms with E-state index < -0.39 is 17.7 Å². The standard InChI is InChI=1S/C28H25NO5/c30-26(19-9-3-1-4-10-19)24-25(29(28(32)27(24)31)18-23-15-8-16-33-23)20-11-7-14-22(17-20)34-21-12-5-2-6-13-21/h1-7,9-14,17,23,25,30H,8,15-16,18H2. The average molecular weight is 456 g/mol. The largest absolute Gasteiger partial charge is 0.507 e. The van der Waals surface area contributed by atoms with E-state index in [0.717, 1.165) is 12.8 Å². The highest BCUT2D eigenvalue weighted by Crippen LogP contribution is 2.41. The number of rotatable bonds is 6. The number of carbonyl (C=O) groups excluding carboxylic acids is 2. The Kier molecular flexibility index (Phi) is 6.14. The second-order valence-corrected chi connectivity index (χ2v) is 8.44. The van der Waals surface area contributed by atoms with E-state index in [-0.39, 0.29) is 24.0 Å². The van der Waals surface area contributed by atoms with Crippen molar-refractivity contribution in [1.82, 2.24) is 4.90 Å². The van der Waals surface area contributed by atoms with E-state index in [4.69, 9.17) is 9.47 Å². The third kappa shape index (κ3) is 4.32. The van der Waals surface area contributed by atoms with Crippen LogP contribution in [-0.4, -0.2) is 41.0 Å². The first-order chi connectivity index (χ1) is 16.6. The normalized spacial score (nSPS) is 21.7. The molecule has 0 spiro atoms. The lowest BCUT2D eigenvalue weighted by Crippen LogP contribution is -2.36. The minimum atomic E-state index is -0.747. The summed E-state index contributed by atoms with van der Waals surface area (Å²) < 4.78 is 11.7. The Labute approximate surface area is 198 Å². The van der Waals surface area contributed by atoms with E-state index in [1.165, 1.54) is 4.90 Å². The zero-order chi connectivity index (χ0) is 23.5. The number of Topliss-reactive ketones (excluding diaryl/α,β-unsaturated/α-hetero) is 1. The summed E-state index contributed by atoms with van der Waals surface area (Å²) in [6.07, 6.45) is 1.61. The number of carbonyl (C=O) groups is 2. The first-order valence-corrected chi connectivity index (χ1v) is 11.4. The molecule has 3 aromatic rings. The van der Waals surface area contributed by atoms with Crippen LogP contribution >= 0.6 is 0 Å². The van der Waals surface area contributed by atoms with Gasteiger partial charge in [-0.2, -0.15) is 0 Å². The number of amides is 1. The van der Waals surface area contributed by atoms with Crippen molar-refractivity contribution >= 4 is 17.4 Å². The Hall–Kier alpha value is -3.90. The second-order valence-electron chi connectivity index (χ2n) is 8.44. The highest BCUT2D eigenvalue weighted by atomic mass is 16.5. The van der Waals surface area contributed by atoms with Crippen LogP contribution in [0.5, 0.6) is 11.5 Å². The molecular weight excluding hydrogens is 430 g/mol. The SMILES string of the molecule is O=C1C(=O)N(CC2CCCO2)C(c2cccc(Oc3ccccc3)c2)C1=C(O)c1ccccc1. The average Bonchev–Trinajstić information content (AvgIpc) is 3.47. The molecule has 2 aliphatic rings. The minimum Gasteiger partial charge on any atom is -0.507 e. The third-order valence-electron chi connectivity index (χ3n) is 6.16. The van der Waals surface area contributed by atoms with Gasteiger partial charge in [-0.05, 0) is 42.7 Å². The first-order valence-electron chi connectivity index (χ1n) is 11.4. The topological polar surface area (TPSA) is 76.1 Å². The summed E-state index contributed by atoms with van der Waals surface area (Å²) in [7, 11) is 0. The lowest BCUT2D eigenvalue weighted by molar-refractivity contribution is -0.140. The molecule has 2 aliphatic heterocycles. The van der Waals surface area contributed by atoms with Crippen molar-refractivity contribution < 1.29 is 24.2 Å². The monoisotopic (exact) mass is 455 g/mol. The van der Waals surface area contributed by atoms with E-state index in [0.29, 0.717) is 29.2 Å². The Balaban J connectivity index is 1.58. The van der Waals surface area contributed by atoms with Crippen molar-refractivity contribution in [2.75, 3.05) is 13.2 Å². The van der Waals surface area contributed by atoms with Crippen LogP contribution in [0.15, 0.2) is 90.5 Å². The molecule has 0 aromatic heterocycles. The summed E-state index contributed by atoms with van der Waals surface area (Å²) >= 11 is 0. The molecule has 6 heteroatoms. The predicted octanol–water partition coefficient (Wildman–Crippen LogP) is 5.08. The molecule has 6 nitrogen and oxygen atoms in total. The van der Waals surface area contributed by atoms with E-state index in [1.54, 1.807) is 24.3 Å². The van der Waals surface area contributed by atoms with Gasteiger partial charge in [0.25, 0.3) is 11.7 Å². The lowest BCUT2D eigenvalue weighted by atomic mass is 9.95. The van der Waals surface area contributed by atoms with Crippen LogP contribution in [0.25, 0.3) is 5.76 Å². The molecule has 5 rings (SSSR count). The van der Waals surface area contributed by atoms with Crippen molar-refractivity contribution in [1.29, 1.82) is 0 Å². The number of nitrogens with zero attached hydrogens (tertiary/aromatic N) is 1. The lowest BCUT2D eigenvalue weighted by Gasteiger charge is -2.27. The van der Waals surface area contributed by atoms with Gasteiger partial charge >= 0.3 is 0 Å². The van der Waals surface area contributed by atoms with Gasteiger partial charge in [-0.1, -0.05) is 60.7 Å². The zero-order valence-corrected chi connectivity index (χ0v) is 18.6. The number of ether oxygens (including phenoxy) is 2. The maximum atomic E-state index is 13.2. The summed E-state index contributed by atoms with van der Waals surface area (Å²) in [6, 6.07) is 24.7. The smallest absolute Gasteiger partial charge is 0.295 e. The fourth-order valence-corrected chi connectivity index (χ4v) is 4.55. The van der Waals surface area contributed by atoms with Gasteiger partial charge in [0.05, 0.1) is 17.7 Å².